The summed E-state index contributed by atoms with van der Waals surface area (Å²) >= 11 is 3.40. The van der Waals surface area contributed by atoms with Gasteiger partial charge in [0.15, 0.2) is 0 Å². The van der Waals surface area contributed by atoms with E-state index in [1.54, 1.807) is 24.3 Å². The number of nitrogens with one attached hydrogen (secondary N) is 1. The van der Waals surface area contributed by atoms with Crippen molar-refractivity contribution in [3.8, 4) is 0 Å². The lowest BCUT2D eigenvalue weighted by molar-refractivity contribution is 0.102. The monoisotopic (exact) mass is 448 g/mol. The van der Waals surface area contributed by atoms with Gasteiger partial charge < -0.3 is 5.32 Å². The molecule has 0 fully saturated rings. The van der Waals surface area contributed by atoms with Gasteiger partial charge in [-0.2, -0.15) is 4.31 Å². The number of rotatable bonds is 8. The zero-order chi connectivity index (χ0) is 20.0. The van der Waals surface area contributed by atoms with Gasteiger partial charge >= 0.3 is 0 Å². The molecule has 0 saturated carbocycles. The standard InChI is InChI=1S/C20H21BrN2O3S/c1-4-12-23(13-5-2)27(25,26)18-10-8-17(9-11-18)22-20(24)16-7-6-15(3)19(21)14-16/h4-11,14H,1-2,12-13H2,3H3,(H,22,24). The van der Waals surface area contributed by atoms with Crippen molar-refractivity contribution in [3.05, 3.63) is 83.4 Å². The second-order valence-electron chi connectivity index (χ2n) is 5.84. The number of aryl methyl sites for hydroxylation is 1. The fraction of sp³-hybridized carbons (Fsp3) is 0.150. The second kappa shape index (κ2) is 9.12. The van der Waals surface area contributed by atoms with E-state index in [-0.39, 0.29) is 23.9 Å². The van der Waals surface area contributed by atoms with Gasteiger partial charge in [-0.3, -0.25) is 4.79 Å². The molecule has 0 radical (unpaired) electrons. The lowest BCUT2D eigenvalue weighted by Gasteiger charge is -2.19. The second-order valence-corrected chi connectivity index (χ2v) is 8.63. The molecule has 0 aliphatic heterocycles. The van der Waals surface area contributed by atoms with E-state index in [2.05, 4.69) is 34.4 Å². The van der Waals surface area contributed by atoms with Crippen molar-refractivity contribution in [1.82, 2.24) is 4.31 Å². The molecule has 1 amide bonds. The molecule has 1 N–H and O–H groups in total. The fourth-order valence-electron chi connectivity index (χ4n) is 2.36. The lowest BCUT2D eigenvalue weighted by atomic mass is 10.1. The molecule has 0 atom stereocenters. The number of amides is 1. The predicted octanol–water partition coefficient (Wildman–Crippen LogP) is 4.37. The normalized spacial score (nSPS) is 11.2. The van der Waals surface area contributed by atoms with Gasteiger partial charge in [0.1, 0.15) is 0 Å². The molecule has 0 unspecified atom stereocenters. The van der Waals surface area contributed by atoms with Gasteiger partial charge in [-0.1, -0.05) is 34.1 Å². The molecule has 27 heavy (non-hydrogen) atoms. The minimum Gasteiger partial charge on any atom is -0.322 e. The van der Waals surface area contributed by atoms with Gasteiger partial charge in [0, 0.05) is 28.8 Å². The maximum atomic E-state index is 12.7. The van der Waals surface area contributed by atoms with Crippen molar-refractivity contribution in [1.29, 1.82) is 0 Å². The van der Waals surface area contributed by atoms with Crippen LogP contribution in [0.4, 0.5) is 5.69 Å². The highest BCUT2D eigenvalue weighted by molar-refractivity contribution is 9.10. The van der Waals surface area contributed by atoms with Crippen LogP contribution in [0.2, 0.25) is 0 Å². The van der Waals surface area contributed by atoms with Gasteiger partial charge in [-0.25, -0.2) is 8.42 Å². The Bertz CT molecular complexity index is 944. The van der Waals surface area contributed by atoms with E-state index >= 15 is 0 Å². The molecule has 142 valence electrons. The number of sulfonamides is 1. The number of hydrogen-bond acceptors (Lipinski definition) is 3. The van der Waals surface area contributed by atoms with Gasteiger partial charge in [0.05, 0.1) is 4.90 Å². The topological polar surface area (TPSA) is 66.5 Å². The van der Waals surface area contributed by atoms with E-state index in [1.165, 1.54) is 28.6 Å². The molecule has 5 nitrogen and oxygen atoms in total. The van der Waals surface area contributed by atoms with Crippen LogP contribution in [0.25, 0.3) is 0 Å². The Morgan fingerprint density at radius 2 is 1.70 bits per heavy atom. The molecule has 2 aromatic rings. The largest absolute Gasteiger partial charge is 0.322 e. The first-order valence-electron chi connectivity index (χ1n) is 8.19. The van der Waals surface area contributed by atoms with E-state index in [9.17, 15) is 13.2 Å². The van der Waals surface area contributed by atoms with Crippen LogP contribution in [-0.4, -0.2) is 31.7 Å². The maximum absolute atomic E-state index is 12.7. The summed E-state index contributed by atoms with van der Waals surface area (Å²) in [7, 11) is -3.66. The molecule has 0 heterocycles. The molecular weight excluding hydrogens is 428 g/mol. The average molecular weight is 449 g/mol. The van der Waals surface area contributed by atoms with Crippen molar-refractivity contribution >= 4 is 37.5 Å². The molecule has 2 aromatic carbocycles. The van der Waals surface area contributed by atoms with Gasteiger partial charge in [0.25, 0.3) is 5.91 Å². The third-order valence-electron chi connectivity index (χ3n) is 3.85. The molecule has 2 rings (SSSR count). The molecule has 0 aliphatic carbocycles. The van der Waals surface area contributed by atoms with Crippen molar-refractivity contribution in [2.75, 3.05) is 18.4 Å². The summed E-state index contributed by atoms with van der Waals surface area (Å²) in [6.07, 6.45) is 3.05. The number of halogens is 1. The van der Waals surface area contributed by atoms with Crippen molar-refractivity contribution in [2.24, 2.45) is 0 Å². The predicted molar refractivity (Wildman–Crippen MR) is 112 cm³/mol. The van der Waals surface area contributed by atoms with Gasteiger partial charge in [-0.15, -0.1) is 13.2 Å². The highest BCUT2D eigenvalue weighted by Gasteiger charge is 2.22. The van der Waals surface area contributed by atoms with E-state index in [0.717, 1.165) is 10.0 Å². The smallest absolute Gasteiger partial charge is 0.255 e. The number of carbonyl (C=O) groups is 1. The quantitative estimate of drug-likeness (QED) is 0.609. The molecule has 0 saturated heterocycles. The fourth-order valence-corrected chi connectivity index (χ4v) is 4.12. The van der Waals surface area contributed by atoms with Crippen LogP contribution >= 0.6 is 15.9 Å². The first kappa shape index (κ1) is 21.1. The Hall–Kier alpha value is -2.22. The maximum Gasteiger partial charge on any atom is 0.255 e. The van der Waals surface area contributed by atoms with Crippen molar-refractivity contribution in [2.45, 2.75) is 11.8 Å². The highest BCUT2D eigenvalue weighted by Crippen LogP contribution is 2.21. The Morgan fingerprint density at radius 3 is 2.22 bits per heavy atom. The van der Waals surface area contributed by atoms with Crippen molar-refractivity contribution in [3.63, 3.8) is 0 Å². The summed E-state index contributed by atoms with van der Waals surface area (Å²) in [5.41, 5.74) is 2.05. The molecule has 0 aromatic heterocycles. The minimum absolute atomic E-state index is 0.141. The summed E-state index contributed by atoms with van der Waals surface area (Å²) in [5.74, 6) is -0.272. The Morgan fingerprint density at radius 1 is 1.11 bits per heavy atom. The first-order chi connectivity index (χ1) is 12.8. The molecule has 0 spiro atoms. The molecule has 0 bridgehead atoms. The SMILES string of the molecule is C=CCN(CC=C)S(=O)(=O)c1ccc(NC(=O)c2ccc(C)c(Br)c2)cc1. The summed E-state index contributed by atoms with van der Waals surface area (Å²) < 4.78 is 27.5. The van der Waals surface area contributed by atoms with Crippen LogP contribution in [0.3, 0.4) is 0 Å². The third-order valence-corrected chi connectivity index (χ3v) is 6.55. The highest BCUT2D eigenvalue weighted by atomic mass is 79.9. The van der Waals surface area contributed by atoms with Gasteiger partial charge in [-0.05, 0) is 48.9 Å². The van der Waals surface area contributed by atoms with Crippen LogP contribution in [0.15, 0.2) is 77.1 Å². The van der Waals surface area contributed by atoms with E-state index < -0.39 is 10.0 Å². The van der Waals surface area contributed by atoms with Crippen LogP contribution in [0.1, 0.15) is 15.9 Å². The van der Waals surface area contributed by atoms with Crippen LogP contribution in [-0.2, 0) is 10.0 Å². The van der Waals surface area contributed by atoms with E-state index in [1.807, 2.05) is 13.0 Å². The Kier molecular flexibility index (Phi) is 7.12. The number of hydrogen-bond donors (Lipinski definition) is 1. The Balaban J connectivity index is 2.18. The van der Waals surface area contributed by atoms with Gasteiger partial charge in [0.2, 0.25) is 10.0 Å². The summed E-state index contributed by atoms with van der Waals surface area (Å²) in [5, 5.41) is 2.76. The summed E-state index contributed by atoms with van der Waals surface area (Å²) in [6, 6.07) is 11.4. The molecule has 7 heteroatoms. The number of carbonyl (C=O) groups excluding carboxylic acids is 1. The summed E-state index contributed by atoms with van der Waals surface area (Å²) in [4.78, 5) is 12.5. The zero-order valence-electron chi connectivity index (χ0n) is 15.0. The van der Waals surface area contributed by atoms with E-state index in [0.29, 0.717) is 11.3 Å². The Labute approximate surface area is 168 Å². The van der Waals surface area contributed by atoms with Crippen LogP contribution in [0, 0.1) is 6.92 Å². The molecular formula is C20H21BrN2O3S. The summed E-state index contributed by atoms with van der Waals surface area (Å²) in [6.45, 7) is 9.49. The average Bonchev–Trinajstić information content (AvgIpc) is 2.64. The van der Waals surface area contributed by atoms with Crippen molar-refractivity contribution < 1.29 is 13.2 Å². The first-order valence-corrected chi connectivity index (χ1v) is 10.4. The molecule has 0 aliphatic rings. The number of anilines is 1. The minimum atomic E-state index is -3.66. The number of nitrogens with zero attached hydrogens (tertiary/aromatic N) is 1. The third kappa shape index (κ3) is 5.15. The zero-order valence-corrected chi connectivity index (χ0v) is 17.4. The lowest BCUT2D eigenvalue weighted by Crippen LogP contribution is -2.31. The van der Waals surface area contributed by atoms with Crippen LogP contribution < -0.4 is 5.32 Å². The van der Waals surface area contributed by atoms with E-state index in [4.69, 9.17) is 0 Å². The van der Waals surface area contributed by atoms with Crippen LogP contribution in [0.5, 0.6) is 0 Å². The number of benzene rings is 2.